The van der Waals surface area contributed by atoms with Gasteiger partial charge in [-0.1, -0.05) is 39.7 Å². The number of unbranched alkanes of at least 4 members (excludes halogenated alkanes) is 2. The first-order valence-corrected chi connectivity index (χ1v) is 9.08. The first-order valence-electron chi connectivity index (χ1n) is 9.08. The van der Waals surface area contributed by atoms with Crippen LogP contribution in [0.5, 0.6) is 5.75 Å². The Morgan fingerprint density at radius 3 is 2.41 bits per heavy atom. The summed E-state index contributed by atoms with van der Waals surface area (Å²) < 4.78 is 6.47. The van der Waals surface area contributed by atoms with E-state index in [9.17, 15) is 0 Å². The summed E-state index contributed by atoms with van der Waals surface area (Å²) in [7, 11) is 0. The van der Waals surface area contributed by atoms with Crippen LogP contribution in [0.3, 0.4) is 0 Å². The Labute approximate surface area is 136 Å². The first kappa shape index (κ1) is 17.3. The van der Waals surface area contributed by atoms with Crippen LogP contribution >= 0.6 is 0 Å². The zero-order chi connectivity index (χ0) is 16.2. The van der Waals surface area contributed by atoms with Crippen molar-refractivity contribution in [2.24, 2.45) is 0 Å². The van der Waals surface area contributed by atoms with Gasteiger partial charge in [-0.25, -0.2) is 0 Å². The van der Waals surface area contributed by atoms with Crippen LogP contribution < -0.4 is 10.1 Å². The number of fused-ring (bicyclic) bond motifs is 1. The highest BCUT2D eigenvalue weighted by atomic mass is 16.5. The minimum atomic E-state index is -0.00286. The highest BCUT2D eigenvalue weighted by molar-refractivity contribution is 5.45. The van der Waals surface area contributed by atoms with Gasteiger partial charge in [0.15, 0.2) is 0 Å². The van der Waals surface area contributed by atoms with Crippen LogP contribution in [0.15, 0.2) is 12.1 Å². The number of nitrogens with one attached hydrogen (secondary N) is 1. The maximum absolute atomic E-state index is 6.47. The standard InChI is InChI=1S/C20H33NO/c1-6-9-10-11-21-18-14-20(7-2,8-3)22-19-13-16(5)15(4)12-17(18)19/h12-13,18,21H,6-11,14H2,1-5H3. The smallest absolute Gasteiger partial charge is 0.125 e. The number of aryl methyl sites for hydroxylation is 2. The molecule has 2 heteroatoms. The van der Waals surface area contributed by atoms with Crippen molar-refractivity contribution >= 4 is 0 Å². The molecule has 1 aromatic carbocycles. The molecule has 1 atom stereocenters. The quantitative estimate of drug-likeness (QED) is 0.675. The molecule has 0 aromatic heterocycles. The van der Waals surface area contributed by atoms with Gasteiger partial charge < -0.3 is 10.1 Å². The summed E-state index contributed by atoms with van der Waals surface area (Å²) in [5.74, 6) is 1.10. The second-order valence-electron chi connectivity index (χ2n) is 6.88. The van der Waals surface area contributed by atoms with Crippen LogP contribution in [0.2, 0.25) is 0 Å². The summed E-state index contributed by atoms with van der Waals surface area (Å²) in [4.78, 5) is 0. The lowest BCUT2D eigenvalue weighted by Crippen LogP contribution is -2.43. The minimum Gasteiger partial charge on any atom is -0.487 e. The van der Waals surface area contributed by atoms with Crippen molar-refractivity contribution in [2.45, 2.75) is 84.8 Å². The lowest BCUT2D eigenvalue weighted by atomic mass is 9.82. The van der Waals surface area contributed by atoms with Gasteiger partial charge in [-0.05, 0) is 56.8 Å². The van der Waals surface area contributed by atoms with Crippen LogP contribution in [0, 0.1) is 13.8 Å². The third-order valence-electron chi connectivity index (χ3n) is 5.36. The summed E-state index contributed by atoms with van der Waals surface area (Å²) in [6.45, 7) is 12.2. The summed E-state index contributed by atoms with van der Waals surface area (Å²) in [6, 6.07) is 5.00. The molecule has 1 aliphatic heterocycles. The van der Waals surface area contributed by atoms with Crippen molar-refractivity contribution in [1.82, 2.24) is 5.32 Å². The molecule has 2 rings (SSSR count). The topological polar surface area (TPSA) is 21.3 Å². The van der Waals surface area contributed by atoms with Gasteiger partial charge in [0.25, 0.3) is 0 Å². The number of ether oxygens (including phenoxy) is 1. The van der Waals surface area contributed by atoms with E-state index in [-0.39, 0.29) is 5.60 Å². The highest BCUT2D eigenvalue weighted by Gasteiger charge is 2.38. The van der Waals surface area contributed by atoms with Crippen LogP contribution in [0.4, 0.5) is 0 Å². The van der Waals surface area contributed by atoms with Gasteiger partial charge in [-0.2, -0.15) is 0 Å². The maximum Gasteiger partial charge on any atom is 0.125 e. The second-order valence-corrected chi connectivity index (χ2v) is 6.88. The third-order valence-corrected chi connectivity index (χ3v) is 5.36. The van der Waals surface area contributed by atoms with E-state index in [4.69, 9.17) is 4.74 Å². The molecule has 0 saturated carbocycles. The molecule has 0 amide bonds. The summed E-state index contributed by atoms with van der Waals surface area (Å²) in [5, 5.41) is 3.80. The molecule has 1 N–H and O–H groups in total. The average Bonchev–Trinajstić information content (AvgIpc) is 2.52. The fourth-order valence-electron chi connectivity index (χ4n) is 3.45. The number of benzene rings is 1. The zero-order valence-corrected chi connectivity index (χ0v) is 15.1. The summed E-state index contributed by atoms with van der Waals surface area (Å²) in [6.07, 6.45) is 7.08. The fraction of sp³-hybridized carbons (Fsp3) is 0.700. The molecule has 0 radical (unpaired) electrons. The van der Waals surface area contributed by atoms with Crippen LogP contribution in [-0.2, 0) is 0 Å². The minimum absolute atomic E-state index is 0.00286. The van der Waals surface area contributed by atoms with Crippen molar-refractivity contribution in [2.75, 3.05) is 6.54 Å². The van der Waals surface area contributed by atoms with Crippen molar-refractivity contribution in [3.63, 3.8) is 0 Å². The molecular formula is C20H33NO. The fourth-order valence-corrected chi connectivity index (χ4v) is 3.45. The maximum atomic E-state index is 6.47. The van der Waals surface area contributed by atoms with E-state index in [1.807, 2.05) is 0 Å². The molecule has 1 unspecified atom stereocenters. The van der Waals surface area contributed by atoms with Gasteiger partial charge in [0, 0.05) is 18.0 Å². The molecule has 2 nitrogen and oxygen atoms in total. The first-order chi connectivity index (χ1) is 10.5. The van der Waals surface area contributed by atoms with Crippen LogP contribution in [-0.4, -0.2) is 12.1 Å². The van der Waals surface area contributed by atoms with Gasteiger partial charge in [-0.3, -0.25) is 0 Å². The summed E-state index contributed by atoms with van der Waals surface area (Å²) in [5.41, 5.74) is 4.05. The zero-order valence-electron chi connectivity index (χ0n) is 15.1. The molecule has 0 aliphatic carbocycles. The monoisotopic (exact) mass is 303 g/mol. The van der Waals surface area contributed by atoms with E-state index in [0.29, 0.717) is 6.04 Å². The largest absolute Gasteiger partial charge is 0.487 e. The number of rotatable bonds is 7. The Bertz CT molecular complexity index is 491. The molecule has 0 spiro atoms. The molecule has 0 bridgehead atoms. The van der Waals surface area contributed by atoms with Crippen LogP contribution in [0.25, 0.3) is 0 Å². The third kappa shape index (κ3) is 3.65. The van der Waals surface area contributed by atoms with E-state index in [1.165, 1.54) is 36.0 Å². The number of hydrogen-bond donors (Lipinski definition) is 1. The predicted octanol–water partition coefficient (Wildman–Crippen LogP) is 5.47. The molecular weight excluding hydrogens is 270 g/mol. The molecule has 0 fully saturated rings. The van der Waals surface area contributed by atoms with E-state index in [1.54, 1.807) is 0 Å². The SMILES string of the molecule is CCCCCNC1CC(CC)(CC)Oc2cc(C)c(C)cc21. The lowest BCUT2D eigenvalue weighted by molar-refractivity contribution is 0.0227. The Hall–Kier alpha value is -1.02. The Morgan fingerprint density at radius 2 is 1.77 bits per heavy atom. The van der Waals surface area contributed by atoms with E-state index in [2.05, 4.69) is 52.1 Å². The molecule has 0 saturated heterocycles. The van der Waals surface area contributed by atoms with E-state index < -0.39 is 0 Å². The van der Waals surface area contributed by atoms with E-state index in [0.717, 1.165) is 31.6 Å². The molecule has 1 heterocycles. The second kappa shape index (κ2) is 7.50. The van der Waals surface area contributed by atoms with Crippen molar-refractivity contribution in [3.05, 3.63) is 28.8 Å². The van der Waals surface area contributed by atoms with Gasteiger partial charge in [0.2, 0.25) is 0 Å². The van der Waals surface area contributed by atoms with Gasteiger partial charge in [-0.15, -0.1) is 0 Å². The van der Waals surface area contributed by atoms with E-state index >= 15 is 0 Å². The Morgan fingerprint density at radius 1 is 1.09 bits per heavy atom. The van der Waals surface area contributed by atoms with Crippen molar-refractivity contribution < 1.29 is 4.74 Å². The highest BCUT2D eigenvalue weighted by Crippen LogP contribution is 2.43. The molecule has 1 aromatic rings. The van der Waals surface area contributed by atoms with Gasteiger partial charge in [0.1, 0.15) is 11.4 Å². The Kier molecular flexibility index (Phi) is 5.91. The molecule has 22 heavy (non-hydrogen) atoms. The average molecular weight is 303 g/mol. The van der Waals surface area contributed by atoms with Crippen molar-refractivity contribution in [3.8, 4) is 5.75 Å². The van der Waals surface area contributed by atoms with Crippen LogP contribution in [0.1, 0.15) is 82.0 Å². The normalized spacial score (nSPS) is 19.6. The Balaban J connectivity index is 2.25. The van der Waals surface area contributed by atoms with Gasteiger partial charge in [0.05, 0.1) is 0 Å². The molecule has 124 valence electrons. The van der Waals surface area contributed by atoms with Gasteiger partial charge >= 0.3 is 0 Å². The predicted molar refractivity (Wildman–Crippen MR) is 94.7 cm³/mol. The number of hydrogen-bond acceptors (Lipinski definition) is 2. The summed E-state index contributed by atoms with van der Waals surface area (Å²) >= 11 is 0. The lowest BCUT2D eigenvalue weighted by Gasteiger charge is -2.42. The molecule has 1 aliphatic rings. The van der Waals surface area contributed by atoms with Crippen molar-refractivity contribution in [1.29, 1.82) is 0 Å².